The summed E-state index contributed by atoms with van der Waals surface area (Å²) in [4.78, 5) is 2.70. The molecule has 19 heavy (non-hydrogen) atoms. The van der Waals surface area contributed by atoms with Gasteiger partial charge in [0, 0.05) is 9.75 Å². The fourth-order valence-electron chi connectivity index (χ4n) is 2.76. The molecule has 2 heterocycles. The Hall–Kier alpha value is -1.16. The largest absolute Gasteiger partial charge is 0.371 e. The standard InChI is InChI=1S/C16H19NOS/c1-11-7-8-14(19-11)15(17-2)16-13-6-4-3-5-12(13)9-10-18-16/h3-8,15-17H,9-10H2,1-2H3. The van der Waals surface area contributed by atoms with Gasteiger partial charge in [-0.15, -0.1) is 11.3 Å². The van der Waals surface area contributed by atoms with Gasteiger partial charge in [-0.1, -0.05) is 24.3 Å². The Morgan fingerprint density at radius 3 is 2.84 bits per heavy atom. The summed E-state index contributed by atoms with van der Waals surface area (Å²) < 4.78 is 6.07. The maximum absolute atomic E-state index is 6.07. The Labute approximate surface area is 118 Å². The first-order chi connectivity index (χ1) is 9.29. The first-order valence-corrected chi connectivity index (χ1v) is 7.54. The highest BCUT2D eigenvalue weighted by Gasteiger charge is 2.29. The van der Waals surface area contributed by atoms with Gasteiger partial charge in [0.2, 0.25) is 0 Å². The van der Waals surface area contributed by atoms with E-state index >= 15 is 0 Å². The monoisotopic (exact) mass is 273 g/mol. The summed E-state index contributed by atoms with van der Waals surface area (Å²) in [6.45, 7) is 2.96. The molecule has 1 aliphatic rings. The van der Waals surface area contributed by atoms with Crippen LogP contribution in [0.3, 0.4) is 0 Å². The molecule has 0 spiro atoms. The number of hydrogen-bond donors (Lipinski definition) is 1. The van der Waals surface area contributed by atoms with E-state index in [0.717, 1.165) is 13.0 Å². The van der Waals surface area contributed by atoms with Crippen LogP contribution in [0, 0.1) is 6.92 Å². The second-order valence-corrected chi connectivity index (χ2v) is 6.27. The molecule has 3 heteroatoms. The molecule has 0 fully saturated rings. The first kappa shape index (κ1) is 12.9. The Morgan fingerprint density at radius 1 is 1.26 bits per heavy atom. The summed E-state index contributed by atoms with van der Waals surface area (Å²) in [5.74, 6) is 0. The lowest BCUT2D eigenvalue weighted by Crippen LogP contribution is -2.29. The quantitative estimate of drug-likeness (QED) is 0.922. The zero-order valence-electron chi connectivity index (χ0n) is 11.3. The molecule has 0 radical (unpaired) electrons. The molecule has 1 aliphatic heterocycles. The second-order valence-electron chi connectivity index (χ2n) is 4.95. The molecule has 1 aromatic carbocycles. The minimum Gasteiger partial charge on any atom is -0.371 e. The van der Waals surface area contributed by atoms with Crippen LogP contribution in [0.4, 0.5) is 0 Å². The van der Waals surface area contributed by atoms with Gasteiger partial charge < -0.3 is 10.1 Å². The molecule has 0 saturated heterocycles. The van der Waals surface area contributed by atoms with E-state index in [1.807, 2.05) is 18.4 Å². The van der Waals surface area contributed by atoms with Gasteiger partial charge in [-0.05, 0) is 43.7 Å². The van der Waals surface area contributed by atoms with E-state index in [1.54, 1.807) is 0 Å². The fraction of sp³-hybridized carbons (Fsp3) is 0.375. The van der Waals surface area contributed by atoms with Crippen LogP contribution in [0.15, 0.2) is 36.4 Å². The van der Waals surface area contributed by atoms with Crippen molar-refractivity contribution >= 4 is 11.3 Å². The van der Waals surface area contributed by atoms with Crippen LogP contribution in [0.2, 0.25) is 0 Å². The molecule has 2 nitrogen and oxygen atoms in total. The highest BCUT2D eigenvalue weighted by molar-refractivity contribution is 7.12. The molecule has 0 bridgehead atoms. The van der Waals surface area contributed by atoms with E-state index in [-0.39, 0.29) is 12.1 Å². The molecule has 2 aromatic rings. The Kier molecular flexibility index (Phi) is 3.69. The number of rotatable bonds is 3. The second kappa shape index (κ2) is 5.45. The number of nitrogens with one attached hydrogen (secondary N) is 1. The van der Waals surface area contributed by atoms with Crippen molar-refractivity contribution in [2.45, 2.75) is 25.5 Å². The summed E-state index contributed by atoms with van der Waals surface area (Å²) in [7, 11) is 2.01. The van der Waals surface area contributed by atoms with Crippen molar-refractivity contribution in [3.8, 4) is 0 Å². The predicted molar refractivity (Wildman–Crippen MR) is 79.7 cm³/mol. The van der Waals surface area contributed by atoms with Gasteiger partial charge in [-0.2, -0.15) is 0 Å². The number of aryl methyl sites for hydroxylation is 1. The van der Waals surface area contributed by atoms with Crippen LogP contribution >= 0.6 is 11.3 Å². The van der Waals surface area contributed by atoms with Crippen LogP contribution in [-0.4, -0.2) is 13.7 Å². The zero-order valence-corrected chi connectivity index (χ0v) is 12.2. The first-order valence-electron chi connectivity index (χ1n) is 6.72. The molecule has 100 valence electrons. The van der Waals surface area contributed by atoms with Crippen molar-refractivity contribution in [1.82, 2.24) is 5.32 Å². The maximum Gasteiger partial charge on any atom is 0.103 e. The molecule has 2 atom stereocenters. The van der Waals surface area contributed by atoms with Crippen molar-refractivity contribution in [2.75, 3.05) is 13.7 Å². The number of ether oxygens (including phenoxy) is 1. The van der Waals surface area contributed by atoms with Crippen LogP contribution < -0.4 is 5.32 Å². The third-order valence-electron chi connectivity index (χ3n) is 3.71. The minimum absolute atomic E-state index is 0.119. The third-order valence-corrected chi connectivity index (χ3v) is 4.80. The van der Waals surface area contributed by atoms with Gasteiger partial charge in [0.15, 0.2) is 0 Å². The van der Waals surface area contributed by atoms with Crippen molar-refractivity contribution in [1.29, 1.82) is 0 Å². The van der Waals surface area contributed by atoms with Crippen molar-refractivity contribution in [2.24, 2.45) is 0 Å². The maximum atomic E-state index is 6.07. The molecule has 1 aromatic heterocycles. The highest BCUT2D eigenvalue weighted by Crippen LogP contribution is 2.38. The molecular weight excluding hydrogens is 254 g/mol. The van der Waals surface area contributed by atoms with E-state index in [0.29, 0.717) is 0 Å². The lowest BCUT2D eigenvalue weighted by atomic mass is 9.92. The summed E-state index contributed by atoms with van der Waals surface area (Å²) >= 11 is 1.85. The van der Waals surface area contributed by atoms with Crippen LogP contribution in [0.1, 0.15) is 33.0 Å². The average Bonchev–Trinajstić information content (AvgIpc) is 2.86. The summed E-state index contributed by atoms with van der Waals surface area (Å²) in [6, 6.07) is 13.3. The fourth-order valence-corrected chi connectivity index (χ4v) is 3.78. The molecule has 3 rings (SSSR count). The number of likely N-dealkylation sites (N-methyl/N-ethyl adjacent to an activating group) is 1. The predicted octanol–water partition coefficient (Wildman–Crippen LogP) is 3.63. The average molecular weight is 273 g/mol. The van der Waals surface area contributed by atoms with E-state index in [4.69, 9.17) is 4.74 Å². The highest BCUT2D eigenvalue weighted by atomic mass is 32.1. The topological polar surface area (TPSA) is 21.3 Å². The van der Waals surface area contributed by atoms with Gasteiger partial charge >= 0.3 is 0 Å². The van der Waals surface area contributed by atoms with E-state index in [1.165, 1.54) is 20.9 Å². The molecule has 0 saturated carbocycles. The summed E-state index contributed by atoms with van der Waals surface area (Å²) in [5.41, 5.74) is 2.76. The zero-order chi connectivity index (χ0) is 13.2. The number of benzene rings is 1. The number of hydrogen-bond acceptors (Lipinski definition) is 3. The number of fused-ring (bicyclic) bond motifs is 1. The van der Waals surface area contributed by atoms with Gasteiger partial charge in [-0.3, -0.25) is 0 Å². The van der Waals surface area contributed by atoms with Crippen LogP contribution in [0.25, 0.3) is 0 Å². The van der Waals surface area contributed by atoms with Gasteiger partial charge in [0.1, 0.15) is 6.10 Å². The van der Waals surface area contributed by atoms with Crippen molar-refractivity contribution < 1.29 is 4.74 Å². The number of thiophene rings is 1. The van der Waals surface area contributed by atoms with Crippen molar-refractivity contribution in [3.63, 3.8) is 0 Å². The van der Waals surface area contributed by atoms with Crippen LogP contribution in [-0.2, 0) is 11.2 Å². The molecule has 2 unspecified atom stereocenters. The Balaban J connectivity index is 1.97. The van der Waals surface area contributed by atoms with Gasteiger partial charge in [-0.25, -0.2) is 0 Å². The third kappa shape index (κ3) is 2.46. The summed E-state index contributed by atoms with van der Waals surface area (Å²) in [6.07, 6.45) is 1.14. The minimum atomic E-state index is 0.119. The lowest BCUT2D eigenvalue weighted by Gasteiger charge is -2.32. The molecular formula is C16H19NOS. The molecule has 1 N–H and O–H groups in total. The van der Waals surface area contributed by atoms with E-state index < -0.39 is 0 Å². The SMILES string of the molecule is CNC(c1ccc(C)s1)C1OCCc2ccccc21. The van der Waals surface area contributed by atoms with Gasteiger partial charge in [0.05, 0.1) is 12.6 Å². The molecule has 0 amide bonds. The lowest BCUT2D eigenvalue weighted by molar-refractivity contribution is 0.0174. The van der Waals surface area contributed by atoms with E-state index in [9.17, 15) is 0 Å². The molecule has 0 aliphatic carbocycles. The summed E-state index contributed by atoms with van der Waals surface area (Å²) in [5, 5.41) is 3.43. The Bertz CT molecular complexity index is 563. The normalized spacial score (nSPS) is 20.0. The van der Waals surface area contributed by atoms with Crippen LogP contribution in [0.5, 0.6) is 0 Å². The van der Waals surface area contributed by atoms with Gasteiger partial charge in [0.25, 0.3) is 0 Å². The Morgan fingerprint density at radius 2 is 2.11 bits per heavy atom. The smallest absolute Gasteiger partial charge is 0.103 e. The van der Waals surface area contributed by atoms with E-state index in [2.05, 4.69) is 48.6 Å². The van der Waals surface area contributed by atoms with Crippen molar-refractivity contribution in [3.05, 3.63) is 57.3 Å².